The Morgan fingerprint density at radius 1 is 1.05 bits per heavy atom. The summed E-state index contributed by atoms with van der Waals surface area (Å²) in [6.45, 7) is 0. The van der Waals surface area contributed by atoms with Crippen LogP contribution in [0.5, 0.6) is 11.5 Å². The molecule has 3 aliphatic rings. The van der Waals surface area contributed by atoms with Crippen molar-refractivity contribution in [2.45, 2.75) is 19.3 Å². The third-order valence-electron chi connectivity index (χ3n) is 5.71. The summed E-state index contributed by atoms with van der Waals surface area (Å²) in [6, 6.07) is 5.57. The topological polar surface area (TPSA) is 35.5 Å². The summed E-state index contributed by atoms with van der Waals surface area (Å²) in [6.07, 6.45) is 4.03. The molecule has 3 heteroatoms. The molecular weight excluding hydrogens is 252 g/mol. The van der Waals surface area contributed by atoms with Crippen molar-refractivity contribution in [1.29, 1.82) is 0 Å². The van der Waals surface area contributed by atoms with E-state index in [1.165, 1.54) is 19.3 Å². The molecule has 4 atom stereocenters. The van der Waals surface area contributed by atoms with Gasteiger partial charge in [0.1, 0.15) is 17.1 Å². The van der Waals surface area contributed by atoms with Gasteiger partial charge in [-0.1, -0.05) is 6.07 Å². The highest BCUT2D eigenvalue weighted by atomic mass is 16.5. The normalized spacial score (nSPS) is 36.6. The zero-order chi connectivity index (χ0) is 13.9. The highest BCUT2D eigenvalue weighted by Crippen LogP contribution is 2.70. The van der Waals surface area contributed by atoms with Crippen LogP contribution < -0.4 is 9.47 Å². The first-order chi connectivity index (χ1) is 9.76. The van der Waals surface area contributed by atoms with Crippen molar-refractivity contribution in [2.75, 3.05) is 14.2 Å². The summed E-state index contributed by atoms with van der Waals surface area (Å²) < 4.78 is 10.8. The van der Waals surface area contributed by atoms with Crippen LogP contribution in [0, 0.1) is 29.6 Å². The second-order valence-corrected chi connectivity index (χ2v) is 6.42. The molecule has 2 bridgehead atoms. The van der Waals surface area contributed by atoms with Gasteiger partial charge in [-0.2, -0.15) is 0 Å². The average molecular weight is 272 g/mol. The second kappa shape index (κ2) is 4.24. The summed E-state index contributed by atoms with van der Waals surface area (Å²) >= 11 is 0. The first-order valence-electron chi connectivity index (χ1n) is 7.51. The molecule has 0 saturated heterocycles. The van der Waals surface area contributed by atoms with Gasteiger partial charge >= 0.3 is 0 Å². The number of fused-ring (bicyclic) bond motifs is 5. The van der Waals surface area contributed by atoms with Gasteiger partial charge in [0, 0.05) is 5.92 Å². The van der Waals surface area contributed by atoms with Crippen molar-refractivity contribution in [3.8, 4) is 11.5 Å². The molecule has 0 heterocycles. The molecule has 4 unspecified atom stereocenters. The van der Waals surface area contributed by atoms with E-state index in [-0.39, 0.29) is 11.7 Å². The zero-order valence-corrected chi connectivity index (χ0v) is 12.0. The van der Waals surface area contributed by atoms with E-state index in [0.717, 1.165) is 11.8 Å². The number of hydrogen-bond acceptors (Lipinski definition) is 3. The lowest BCUT2D eigenvalue weighted by Crippen LogP contribution is -2.12. The minimum Gasteiger partial charge on any atom is -0.496 e. The maximum absolute atomic E-state index is 12.9. The van der Waals surface area contributed by atoms with Gasteiger partial charge in [-0.3, -0.25) is 4.79 Å². The maximum Gasteiger partial charge on any atom is 0.174 e. The molecule has 1 aromatic rings. The molecular formula is C17H20O3. The summed E-state index contributed by atoms with van der Waals surface area (Å²) in [5.74, 6) is 4.67. The van der Waals surface area contributed by atoms with Crippen molar-refractivity contribution < 1.29 is 14.3 Å². The fourth-order valence-corrected chi connectivity index (χ4v) is 4.94. The first-order valence-corrected chi connectivity index (χ1v) is 7.51. The van der Waals surface area contributed by atoms with Crippen molar-refractivity contribution in [3.63, 3.8) is 0 Å². The fraction of sp³-hybridized carbons (Fsp3) is 0.588. The van der Waals surface area contributed by atoms with Crippen LogP contribution in [0.15, 0.2) is 18.2 Å². The number of Topliss-reactive ketones (excluding diaryl/α,β-unsaturated/α-hetero) is 1. The first kappa shape index (κ1) is 12.2. The Morgan fingerprint density at radius 2 is 1.60 bits per heavy atom. The summed E-state index contributed by atoms with van der Waals surface area (Å²) in [5.41, 5.74) is 0.649. The average Bonchev–Trinajstić information content (AvgIpc) is 2.93. The van der Waals surface area contributed by atoms with Gasteiger partial charge < -0.3 is 9.47 Å². The molecule has 0 amide bonds. The molecule has 3 nitrogen and oxygen atoms in total. The van der Waals surface area contributed by atoms with Crippen molar-refractivity contribution >= 4 is 5.78 Å². The number of methoxy groups -OCH3 is 2. The Balaban J connectivity index is 1.67. The molecule has 4 rings (SSSR count). The Bertz CT molecular complexity index is 527. The van der Waals surface area contributed by atoms with E-state index in [1.54, 1.807) is 14.2 Å². The number of hydrogen-bond donors (Lipinski definition) is 0. The highest BCUT2D eigenvalue weighted by Gasteiger charge is 2.67. The quantitative estimate of drug-likeness (QED) is 0.790. The van der Waals surface area contributed by atoms with Gasteiger partial charge in [0.05, 0.1) is 14.2 Å². The lowest BCUT2D eigenvalue weighted by atomic mass is 9.95. The minimum atomic E-state index is 0.228. The van der Waals surface area contributed by atoms with E-state index in [1.807, 2.05) is 18.2 Å². The highest BCUT2D eigenvalue weighted by molar-refractivity contribution is 6.04. The number of rotatable bonds is 4. The third-order valence-corrected chi connectivity index (χ3v) is 5.71. The number of carbonyl (C=O) groups excluding carboxylic acids is 1. The standard InChI is InChI=1S/C17H20O3/c1-19-11-4-3-5-12(20-2)15(11)17(18)16-13-9-6-7-10(8-9)14(13)16/h3-5,9-10,13-14,16H,6-8H2,1-2H3. The molecule has 3 aliphatic carbocycles. The second-order valence-electron chi connectivity index (χ2n) is 6.42. The van der Waals surface area contributed by atoms with Crippen LogP contribution in [0.1, 0.15) is 29.6 Å². The van der Waals surface area contributed by atoms with Crippen molar-refractivity contribution in [3.05, 3.63) is 23.8 Å². The van der Waals surface area contributed by atoms with Crippen LogP contribution in [-0.2, 0) is 0 Å². The molecule has 0 N–H and O–H groups in total. The smallest absolute Gasteiger partial charge is 0.174 e. The van der Waals surface area contributed by atoms with Crippen LogP contribution in [-0.4, -0.2) is 20.0 Å². The monoisotopic (exact) mass is 272 g/mol. The van der Waals surface area contributed by atoms with Crippen molar-refractivity contribution in [1.82, 2.24) is 0 Å². The molecule has 0 aliphatic heterocycles. The molecule has 1 aromatic carbocycles. The van der Waals surface area contributed by atoms with Crippen LogP contribution >= 0.6 is 0 Å². The Morgan fingerprint density at radius 3 is 2.10 bits per heavy atom. The van der Waals surface area contributed by atoms with Gasteiger partial charge in [0.2, 0.25) is 0 Å². The predicted octanol–water partition coefficient (Wildman–Crippen LogP) is 3.18. The number of benzene rings is 1. The van der Waals surface area contributed by atoms with Crippen LogP contribution in [0.3, 0.4) is 0 Å². The van der Waals surface area contributed by atoms with Gasteiger partial charge in [-0.25, -0.2) is 0 Å². The lowest BCUT2D eigenvalue weighted by Gasteiger charge is -2.14. The van der Waals surface area contributed by atoms with Crippen LogP contribution in [0.2, 0.25) is 0 Å². The van der Waals surface area contributed by atoms with Gasteiger partial charge in [0.15, 0.2) is 5.78 Å². The minimum absolute atomic E-state index is 0.228. The fourth-order valence-electron chi connectivity index (χ4n) is 4.94. The summed E-state index contributed by atoms with van der Waals surface area (Å²) in [7, 11) is 3.23. The van der Waals surface area contributed by atoms with Crippen LogP contribution in [0.4, 0.5) is 0 Å². The number of carbonyl (C=O) groups is 1. The molecule has 106 valence electrons. The van der Waals surface area contributed by atoms with Gasteiger partial charge in [0.25, 0.3) is 0 Å². The number of ketones is 1. The molecule has 0 aromatic heterocycles. The lowest BCUT2D eigenvalue weighted by molar-refractivity contribution is 0.0938. The molecule has 3 fully saturated rings. The molecule has 3 saturated carbocycles. The summed E-state index contributed by atoms with van der Waals surface area (Å²) in [5, 5.41) is 0. The SMILES string of the molecule is COc1cccc(OC)c1C(=O)C1C2C3CCC(C3)C12. The predicted molar refractivity (Wildman–Crippen MR) is 75.2 cm³/mol. The Labute approximate surface area is 119 Å². The Kier molecular flexibility index (Phi) is 2.60. The van der Waals surface area contributed by atoms with E-state index < -0.39 is 0 Å². The number of ether oxygens (including phenoxy) is 2. The van der Waals surface area contributed by atoms with E-state index >= 15 is 0 Å². The largest absolute Gasteiger partial charge is 0.496 e. The van der Waals surface area contributed by atoms with E-state index in [4.69, 9.17) is 9.47 Å². The maximum atomic E-state index is 12.9. The van der Waals surface area contributed by atoms with Crippen LogP contribution in [0.25, 0.3) is 0 Å². The van der Waals surface area contributed by atoms with Crippen molar-refractivity contribution in [2.24, 2.45) is 29.6 Å². The zero-order valence-electron chi connectivity index (χ0n) is 12.0. The van der Waals surface area contributed by atoms with Gasteiger partial charge in [-0.05, 0) is 55.1 Å². The molecule has 0 radical (unpaired) electrons. The van der Waals surface area contributed by atoms with E-state index in [2.05, 4.69) is 0 Å². The summed E-state index contributed by atoms with van der Waals surface area (Å²) in [4.78, 5) is 12.9. The third kappa shape index (κ3) is 1.49. The Hall–Kier alpha value is -1.51. The molecule has 20 heavy (non-hydrogen) atoms. The molecule has 0 spiro atoms. The van der Waals surface area contributed by atoms with Gasteiger partial charge in [-0.15, -0.1) is 0 Å². The van der Waals surface area contributed by atoms with E-state index in [0.29, 0.717) is 28.9 Å². The van der Waals surface area contributed by atoms with E-state index in [9.17, 15) is 4.79 Å².